The molecule has 0 aliphatic carbocycles. The highest BCUT2D eigenvalue weighted by Gasteiger charge is 2.58. The molecule has 1 N–H and O–H groups in total. The van der Waals surface area contributed by atoms with E-state index in [0.717, 1.165) is 6.07 Å². The van der Waals surface area contributed by atoms with Gasteiger partial charge in [-0.1, -0.05) is 0 Å². The monoisotopic (exact) mass is 402 g/mol. The normalized spacial score (nSPS) is 25.7. The van der Waals surface area contributed by atoms with E-state index in [2.05, 4.69) is 9.97 Å². The highest BCUT2D eigenvalue weighted by molar-refractivity contribution is 5.88. The number of hydrogen-bond acceptors (Lipinski definition) is 6. The molecule has 9 heteroatoms. The summed E-state index contributed by atoms with van der Waals surface area (Å²) in [7, 11) is 0. The molecule has 3 fully saturated rings. The van der Waals surface area contributed by atoms with E-state index in [1.54, 1.807) is 4.90 Å². The van der Waals surface area contributed by atoms with Gasteiger partial charge in [-0.05, 0) is 30.5 Å². The van der Waals surface area contributed by atoms with Crippen molar-refractivity contribution >= 4 is 11.9 Å². The fourth-order valence-electron chi connectivity index (χ4n) is 4.69. The number of anilines is 1. The second-order valence-electron chi connectivity index (χ2n) is 7.80. The molecule has 1 amide bonds. The first kappa shape index (κ1) is 18.2. The highest BCUT2D eigenvalue weighted by atomic mass is 19.1. The Hall–Kier alpha value is -2.81. The summed E-state index contributed by atoms with van der Waals surface area (Å²) in [5, 5.41) is 9.34. The van der Waals surface area contributed by atoms with Gasteiger partial charge in [0.15, 0.2) is 11.4 Å². The van der Waals surface area contributed by atoms with Crippen LogP contribution in [0.25, 0.3) is 0 Å². The summed E-state index contributed by atoms with van der Waals surface area (Å²) in [5.41, 5.74) is -0.447. The molecule has 5 rings (SSSR count). The molecule has 0 unspecified atom stereocenters. The van der Waals surface area contributed by atoms with Crippen molar-refractivity contribution in [1.29, 1.82) is 0 Å². The fourth-order valence-corrected chi connectivity index (χ4v) is 4.69. The van der Waals surface area contributed by atoms with E-state index < -0.39 is 17.2 Å². The largest absolute Gasteiger partial charge is 0.505 e. The summed E-state index contributed by atoms with van der Waals surface area (Å²) in [4.78, 5) is 25.2. The van der Waals surface area contributed by atoms with Gasteiger partial charge in [-0.25, -0.2) is 18.7 Å². The smallest absolute Gasteiger partial charge is 0.257 e. The second kappa shape index (κ2) is 6.62. The number of benzene rings is 1. The van der Waals surface area contributed by atoms with E-state index in [9.17, 15) is 18.7 Å². The zero-order chi connectivity index (χ0) is 20.2. The molecule has 1 aromatic carbocycles. The molecule has 152 valence electrons. The molecular formula is C20H20F2N4O3. The van der Waals surface area contributed by atoms with Gasteiger partial charge in [-0.15, -0.1) is 0 Å². The van der Waals surface area contributed by atoms with Gasteiger partial charge in [0.1, 0.15) is 17.9 Å². The minimum Gasteiger partial charge on any atom is -0.505 e. The molecule has 29 heavy (non-hydrogen) atoms. The summed E-state index contributed by atoms with van der Waals surface area (Å²) in [6, 6.07) is 3.04. The first-order valence-electron chi connectivity index (χ1n) is 9.68. The molecule has 2 aromatic rings. The van der Waals surface area contributed by atoms with Crippen molar-refractivity contribution < 1.29 is 23.4 Å². The Balaban J connectivity index is 1.34. The standard InChI is InChI=1S/C20H20F2N4O3/c21-13-7-12(8-14(22)9-13)16-1-2-17-26(16)18(28)20(29-17)3-5-25(6-4-20)19-23-10-15(27)11-24-19/h7-11,16-17,27H,1-6H2/t16-,17+/m0/s1. The molecule has 0 bridgehead atoms. The van der Waals surface area contributed by atoms with Crippen LogP contribution in [0.4, 0.5) is 14.7 Å². The quantitative estimate of drug-likeness (QED) is 0.832. The fraction of sp³-hybridized carbons (Fsp3) is 0.450. The molecule has 3 aliphatic rings. The number of hydrogen-bond donors (Lipinski definition) is 1. The molecule has 2 atom stereocenters. The number of aromatic nitrogens is 2. The summed E-state index contributed by atoms with van der Waals surface area (Å²) in [5.74, 6) is -0.907. The third-order valence-electron chi connectivity index (χ3n) is 6.07. The Kier molecular flexibility index (Phi) is 4.16. The SMILES string of the molecule is O=C1N2[C@@H](CC[C@H]2c2cc(F)cc(F)c2)OC12CCN(c1ncc(O)cn1)CC2. The van der Waals surface area contributed by atoms with Crippen molar-refractivity contribution in [3.63, 3.8) is 0 Å². The Labute approximate surface area is 165 Å². The zero-order valence-electron chi connectivity index (χ0n) is 15.6. The van der Waals surface area contributed by atoms with Crippen LogP contribution >= 0.6 is 0 Å². The van der Waals surface area contributed by atoms with Gasteiger partial charge >= 0.3 is 0 Å². The number of fused-ring (bicyclic) bond motifs is 1. The van der Waals surface area contributed by atoms with E-state index >= 15 is 0 Å². The molecule has 1 spiro atoms. The molecule has 3 saturated heterocycles. The van der Waals surface area contributed by atoms with Crippen LogP contribution in [0.15, 0.2) is 30.6 Å². The lowest BCUT2D eigenvalue weighted by atomic mass is 9.89. The third kappa shape index (κ3) is 3.00. The minimum absolute atomic E-state index is 0.00279. The Morgan fingerprint density at radius 2 is 1.72 bits per heavy atom. The van der Waals surface area contributed by atoms with Crippen LogP contribution in [0, 0.1) is 11.6 Å². The highest BCUT2D eigenvalue weighted by Crippen LogP contribution is 2.47. The lowest BCUT2D eigenvalue weighted by Crippen LogP contribution is -2.50. The zero-order valence-corrected chi connectivity index (χ0v) is 15.6. The van der Waals surface area contributed by atoms with E-state index in [1.165, 1.54) is 24.5 Å². The lowest BCUT2D eigenvalue weighted by molar-refractivity contribution is -0.140. The van der Waals surface area contributed by atoms with Gasteiger partial charge < -0.3 is 19.6 Å². The van der Waals surface area contributed by atoms with E-state index in [4.69, 9.17) is 4.74 Å². The lowest BCUT2D eigenvalue weighted by Gasteiger charge is -2.37. The molecule has 0 saturated carbocycles. The van der Waals surface area contributed by atoms with Crippen LogP contribution in [-0.4, -0.2) is 50.8 Å². The molecule has 1 aromatic heterocycles. The Bertz CT molecular complexity index is 927. The van der Waals surface area contributed by atoms with Gasteiger partial charge in [0.05, 0.1) is 18.4 Å². The first-order valence-corrected chi connectivity index (χ1v) is 9.68. The first-order chi connectivity index (χ1) is 13.9. The summed E-state index contributed by atoms with van der Waals surface area (Å²) < 4.78 is 33.6. The van der Waals surface area contributed by atoms with E-state index in [-0.39, 0.29) is 23.9 Å². The summed E-state index contributed by atoms with van der Waals surface area (Å²) in [6.07, 6.45) is 4.52. The van der Waals surface area contributed by atoms with Gasteiger partial charge in [0.25, 0.3) is 5.91 Å². The number of rotatable bonds is 2. The number of carbonyl (C=O) groups is 1. The van der Waals surface area contributed by atoms with Crippen LogP contribution in [0.2, 0.25) is 0 Å². The number of aromatic hydroxyl groups is 1. The maximum absolute atomic E-state index is 13.7. The number of halogens is 2. The third-order valence-corrected chi connectivity index (χ3v) is 6.07. The van der Waals surface area contributed by atoms with Crippen molar-refractivity contribution in [2.75, 3.05) is 18.0 Å². The number of ether oxygens (including phenoxy) is 1. The number of amides is 1. The molecule has 0 radical (unpaired) electrons. The number of carbonyl (C=O) groups excluding carboxylic acids is 1. The van der Waals surface area contributed by atoms with Crippen LogP contribution in [-0.2, 0) is 9.53 Å². The van der Waals surface area contributed by atoms with E-state index in [1.807, 2.05) is 4.90 Å². The molecule has 3 aliphatic heterocycles. The van der Waals surface area contributed by atoms with Gasteiger partial charge in [-0.2, -0.15) is 0 Å². The van der Waals surface area contributed by atoms with Crippen molar-refractivity contribution in [3.05, 3.63) is 47.8 Å². The van der Waals surface area contributed by atoms with Crippen LogP contribution in [0.5, 0.6) is 5.75 Å². The van der Waals surface area contributed by atoms with Crippen LogP contribution in [0.3, 0.4) is 0 Å². The van der Waals surface area contributed by atoms with Gasteiger partial charge in [0, 0.05) is 32.0 Å². The average molecular weight is 402 g/mol. The van der Waals surface area contributed by atoms with Crippen molar-refractivity contribution in [1.82, 2.24) is 14.9 Å². The topological polar surface area (TPSA) is 78.8 Å². The average Bonchev–Trinajstić information content (AvgIpc) is 3.21. The predicted octanol–water partition coefficient (Wildman–Crippen LogP) is 2.52. The summed E-state index contributed by atoms with van der Waals surface area (Å²) >= 11 is 0. The molecule has 4 heterocycles. The number of piperidine rings is 1. The van der Waals surface area contributed by atoms with Gasteiger partial charge in [-0.3, -0.25) is 4.79 Å². The minimum atomic E-state index is -0.914. The Morgan fingerprint density at radius 3 is 2.38 bits per heavy atom. The van der Waals surface area contributed by atoms with Crippen molar-refractivity contribution in [2.45, 2.75) is 43.6 Å². The Morgan fingerprint density at radius 1 is 1.07 bits per heavy atom. The maximum atomic E-state index is 13.7. The van der Waals surface area contributed by atoms with Crippen LogP contribution in [0.1, 0.15) is 37.3 Å². The van der Waals surface area contributed by atoms with Gasteiger partial charge in [0.2, 0.25) is 5.95 Å². The van der Waals surface area contributed by atoms with Crippen LogP contribution < -0.4 is 4.90 Å². The molecule has 7 nitrogen and oxygen atoms in total. The second-order valence-corrected chi connectivity index (χ2v) is 7.80. The number of nitrogens with zero attached hydrogens (tertiary/aromatic N) is 4. The van der Waals surface area contributed by atoms with Crippen molar-refractivity contribution in [2.24, 2.45) is 0 Å². The maximum Gasteiger partial charge on any atom is 0.257 e. The van der Waals surface area contributed by atoms with Crippen molar-refractivity contribution in [3.8, 4) is 5.75 Å². The summed E-state index contributed by atoms with van der Waals surface area (Å²) in [6.45, 7) is 1.08. The molecular weight excluding hydrogens is 382 g/mol. The predicted molar refractivity (Wildman–Crippen MR) is 97.9 cm³/mol. The van der Waals surface area contributed by atoms with E-state index in [0.29, 0.717) is 50.3 Å².